The summed E-state index contributed by atoms with van der Waals surface area (Å²) in [5.41, 5.74) is 3.20. The molecule has 42 heavy (non-hydrogen) atoms. The molecular formula is C32H26BrN5O4. The Morgan fingerprint density at radius 1 is 0.881 bits per heavy atom. The molecule has 0 saturated carbocycles. The molecule has 5 aromatic rings. The van der Waals surface area contributed by atoms with E-state index in [0.717, 1.165) is 20.3 Å². The van der Waals surface area contributed by atoms with Crippen LogP contribution in [-0.4, -0.2) is 51.7 Å². The van der Waals surface area contributed by atoms with Crippen LogP contribution in [0.4, 0.5) is 11.4 Å². The molecule has 4 aromatic carbocycles. The second-order valence-corrected chi connectivity index (χ2v) is 11.1. The standard InChI is InChI=1S/C32H26BrN5O4/c1-21-9-11-22(12-10-21)30-26-7-2-3-8-27(26)32(40)37(34-30)29-20-25(13-14-28(29)38(41)42)35-15-17-36(18-16-35)31(39)23-5-4-6-24(33)19-23/h2-14,19-20H,15-18H2,1H3. The van der Waals surface area contributed by atoms with E-state index >= 15 is 0 Å². The van der Waals surface area contributed by atoms with Gasteiger partial charge in [-0.2, -0.15) is 9.78 Å². The van der Waals surface area contributed by atoms with Crippen molar-refractivity contribution in [3.05, 3.63) is 127 Å². The Labute approximate surface area is 249 Å². The molecule has 1 fully saturated rings. The van der Waals surface area contributed by atoms with Crippen LogP contribution in [0.5, 0.6) is 0 Å². The Morgan fingerprint density at radius 3 is 2.29 bits per heavy atom. The van der Waals surface area contributed by atoms with E-state index < -0.39 is 10.5 Å². The summed E-state index contributed by atoms with van der Waals surface area (Å²) < 4.78 is 1.99. The summed E-state index contributed by atoms with van der Waals surface area (Å²) in [4.78, 5) is 42.2. The third kappa shape index (κ3) is 5.16. The third-order valence-corrected chi connectivity index (χ3v) is 8.01. The van der Waals surface area contributed by atoms with Gasteiger partial charge in [0.1, 0.15) is 5.69 Å². The summed E-state index contributed by atoms with van der Waals surface area (Å²) in [5, 5.41) is 17.9. The minimum atomic E-state index is -0.497. The van der Waals surface area contributed by atoms with Crippen molar-refractivity contribution in [1.29, 1.82) is 0 Å². The van der Waals surface area contributed by atoms with Gasteiger partial charge in [-0.05, 0) is 43.3 Å². The molecule has 0 radical (unpaired) electrons. The zero-order chi connectivity index (χ0) is 29.4. The van der Waals surface area contributed by atoms with Gasteiger partial charge in [-0.3, -0.25) is 19.7 Å². The van der Waals surface area contributed by atoms with Gasteiger partial charge in [-0.25, -0.2) is 0 Å². The van der Waals surface area contributed by atoms with Crippen LogP contribution < -0.4 is 10.5 Å². The van der Waals surface area contributed by atoms with Crippen LogP contribution in [0.15, 0.2) is 100 Å². The van der Waals surface area contributed by atoms with Crippen LogP contribution in [0, 0.1) is 17.0 Å². The van der Waals surface area contributed by atoms with Gasteiger partial charge in [-0.1, -0.05) is 70.0 Å². The van der Waals surface area contributed by atoms with Crippen molar-refractivity contribution < 1.29 is 9.72 Å². The minimum absolute atomic E-state index is 0.0455. The summed E-state index contributed by atoms with van der Waals surface area (Å²) >= 11 is 3.42. The van der Waals surface area contributed by atoms with Crippen molar-refractivity contribution in [3.63, 3.8) is 0 Å². The molecule has 6 rings (SSSR count). The van der Waals surface area contributed by atoms with Crippen LogP contribution in [0.25, 0.3) is 27.7 Å². The Kier molecular flexibility index (Phi) is 7.30. The second kappa shape index (κ2) is 11.2. The van der Waals surface area contributed by atoms with Gasteiger partial charge in [0.2, 0.25) is 0 Å². The number of nitro groups is 1. The van der Waals surface area contributed by atoms with Crippen molar-refractivity contribution in [2.24, 2.45) is 0 Å². The van der Waals surface area contributed by atoms with E-state index in [2.05, 4.69) is 20.8 Å². The maximum Gasteiger partial charge on any atom is 0.295 e. The van der Waals surface area contributed by atoms with Crippen LogP contribution in [0.1, 0.15) is 15.9 Å². The van der Waals surface area contributed by atoms with Crippen molar-refractivity contribution >= 4 is 44.0 Å². The van der Waals surface area contributed by atoms with E-state index in [4.69, 9.17) is 5.10 Å². The number of rotatable bonds is 5. The molecule has 0 aliphatic carbocycles. The number of anilines is 1. The fourth-order valence-electron chi connectivity index (χ4n) is 5.28. The van der Waals surface area contributed by atoms with Gasteiger partial charge in [0, 0.05) is 58.9 Å². The lowest BCUT2D eigenvalue weighted by molar-refractivity contribution is -0.384. The first-order chi connectivity index (χ1) is 20.3. The van der Waals surface area contributed by atoms with E-state index in [0.29, 0.717) is 53.9 Å². The molecule has 0 atom stereocenters. The average molecular weight is 624 g/mol. The van der Waals surface area contributed by atoms with Crippen LogP contribution in [0.2, 0.25) is 0 Å². The molecule has 0 unspecified atom stereocenters. The zero-order valence-corrected chi connectivity index (χ0v) is 24.3. The van der Waals surface area contributed by atoms with Gasteiger partial charge in [-0.15, -0.1) is 0 Å². The van der Waals surface area contributed by atoms with E-state index in [-0.39, 0.29) is 17.3 Å². The van der Waals surface area contributed by atoms with Crippen molar-refractivity contribution in [3.8, 4) is 16.9 Å². The minimum Gasteiger partial charge on any atom is -0.368 e. The number of aryl methyl sites for hydroxylation is 1. The summed E-state index contributed by atoms with van der Waals surface area (Å²) in [7, 11) is 0. The van der Waals surface area contributed by atoms with Gasteiger partial charge >= 0.3 is 0 Å². The smallest absolute Gasteiger partial charge is 0.295 e. The maximum absolute atomic E-state index is 13.7. The fourth-order valence-corrected chi connectivity index (χ4v) is 5.68. The van der Waals surface area contributed by atoms with E-state index in [1.807, 2.05) is 55.5 Å². The predicted octanol–water partition coefficient (Wildman–Crippen LogP) is 5.99. The van der Waals surface area contributed by atoms with Crippen LogP contribution >= 0.6 is 15.9 Å². The van der Waals surface area contributed by atoms with Gasteiger partial charge in [0.05, 0.1) is 16.0 Å². The first-order valence-electron chi connectivity index (χ1n) is 13.5. The van der Waals surface area contributed by atoms with Gasteiger partial charge < -0.3 is 9.80 Å². The lowest BCUT2D eigenvalue weighted by Gasteiger charge is -2.36. The molecule has 9 nitrogen and oxygen atoms in total. The highest BCUT2D eigenvalue weighted by Gasteiger charge is 2.26. The van der Waals surface area contributed by atoms with Crippen molar-refractivity contribution in [2.75, 3.05) is 31.1 Å². The second-order valence-electron chi connectivity index (χ2n) is 10.2. The highest BCUT2D eigenvalue weighted by molar-refractivity contribution is 9.10. The number of carbonyl (C=O) groups is 1. The molecule has 0 N–H and O–H groups in total. The average Bonchev–Trinajstić information content (AvgIpc) is 3.01. The summed E-state index contributed by atoms with van der Waals surface area (Å²) in [5.74, 6) is -0.0455. The molecule has 1 aliphatic heterocycles. The SMILES string of the molecule is Cc1ccc(-c2nn(-c3cc(N4CCN(C(=O)c5cccc(Br)c5)CC4)ccc3[N+](=O)[O-])c(=O)c3ccccc23)cc1. The molecule has 0 bridgehead atoms. The number of halogens is 1. The summed E-state index contributed by atoms with van der Waals surface area (Å²) in [6.07, 6.45) is 0. The fraction of sp³-hybridized carbons (Fsp3) is 0.156. The van der Waals surface area contributed by atoms with Crippen molar-refractivity contribution in [2.45, 2.75) is 6.92 Å². The predicted molar refractivity (Wildman–Crippen MR) is 166 cm³/mol. The van der Waals surface area contributed by atoms with Crippen LogP contribution in [-0.2, 0) is 0 Å². The molecule has 1 aromatic heterocycles. The number of carbonyl (C=O) groups excluding carboxylic acids is 1. The maximum atomic E-state index is 13.7. The number of nitro benzene ring substituents is 1. The topological polar surface area (TPSA) is 102 Å². The zero-order valence-electron chi connectivity index (χ0n) is 22.7. The first kappa shape index (κ1) is 27.3. The molecule has 1 aliphatic rings. The van der Waals surface area contributed by atoms with E-state index in [1.54, 1.807) is 41.3 Å². The molecule has 210 valence electrons. The number of hydrogen-bond acceptors (Lipinski definition) is 6. The highest BCUT2D eigenvalue weighted by Crippen LogP contribution is 2.31. The molecule has 2 heterocycles. The van der Waals surface area contributed by atoms with Crippen molar-refractivity contribution in [1.82, 2.24) is 14.7 Å². The number of hydrogen-bond donors (Lipinski definition) is 0. The Balaban J connectivity index is 1.38. The first-order valence-corrected chi connectivity index (χ1v) is 14.3. The highest BCUT2D eigenvalue weighted by atomic mass is 79.9. The number of amides is 1. The van der Waals surface area contributed by atoms with Gasteiger partial charge in [0.25, 0.3) is 17.2 Å². The largest absolute Gasteiger partial charge is 0.368 e. The normalized spacial score (nSPS) is 13.4. The molecule has 1 saturated heterocycles. The van der Waals surface area contributed by atoms with E-state index in [1.165, 1.54) is 6.07 Å². The van der Waals surface area contributed by atoms with Gasteiger partial charge in [0.15, 0.2) is 0 Å². The molecular weight excluding hydrogens is 598 g/mol. The molecule has 10 heteroatoms. The summed E-state index contributed by atoms with van der Waals surface area (Å²) in [6.45, 7) is 4.03. The van der Waals surface area contributed by atoms with Crippen LogP contribution in [0.3, 0.4) is 0 Å². The number of aromatic nitrogens is 2. The lowest BCUT2D eigenvalue weighted by Crippen LogP contribution is -2.48. The Hall–Kier alpha value is -4.83. The Bertz CT molecular complexity index is 1900. The molecule has 1 amide bonds. The lowest BCUT2D eigenvalue weighted by atomic mass is 10.0. The third-order valence-electron chi connectivity index (χ3n) is 7.52. The molecule has 0 spiro atoms. The summed E-state index contributed by atoms with van der Waals surface area (Å²) in [6, 6.07) is 27.0. The van der Waals surface area contributed by atoms with E-state index in [9.17, 15) is 19.7 Å². The quantitative estimate of drug-likeness (QED) is 0.176. The number of nitrogens with zero attached hydrogens (tertiary/aromatic N) is 5. The Morgan fingerprint density at radius 2 is 1.60 bits per heavy atom. The number of fused-ring (bicyclic) bond motifs is 1. The number of benzene rings is 4. The number of piperazine rings is 1. The monoisotopic (exact) mass is 623 g/mol.